The highest BCUT2D eigenvalue weighted by atomic mass is 16.5. The molecular weight excluding hydrogens is 329 g/mol. The summed E-state index contributed by atoms with van der Waals surface area (Å²) in [5.41, 5.74) is 8.56. The number of allylic oxidation sites excluding steroid dienone is 3. The summed E-state index contributed by atoms with van der Waals surface area (Å²) in [5, 5.41) is 3.73. The van der Waals surface area contributed by atoms with Crippen molar-refractivity contribution < 1.29 is 4.74 Å². The van der Waals surface area contributed by atoms with Gasteiger partial charge in [-0.05, 0) is 23.3 Å². The van der Waals surface area contributed by atoms with E-state index in [9.17, 15) is 0 Å². The first-order chi connectivity index (χ1) is 13.3. The van der Waals surface area contributed by atoms with Crippen LogP contribution in [0.25, 0.3) is 5.57 Å². The third kappa shape index (κ3) is 1.76. The first-order valence-corrected chi connectivity index (χ1v) is 9.43. The van der Waals surface area contributed by atoms with E-state index in [1.165, 1.54) is 39.0 Å². The van der Waals surface area contributed by atoms with E-state index in [-0.39, 0.29) is 5.41 Å². The minimum Gasteiger partial charge on any atom is -0.457 e. The summed E-state index contributed by atoms with van der Waals surface area (Å²) in [6, 6.07) is 23.8. The second-order valence-corrected chi connectivity index (χ2v) is 7.47. The maximum absolute atomic E-state index is 6.32. The van der Waals surface area contributed by atoms with E-state index in [0.29, 0.717) is 0 Å². The van der Waals surface area contributed by atoms with E-state index in [1.54, 1.807) is 0 Å². The van der Waals surface area contributed by atoms with Gasteiger partial charge in [-0.1, -0.05) is 72.2 Å². The molecule has 0 amide bonds. The fourth-order valence-corrected chi connectivity index (χ4v) is 4.97. The van der Waals surface area contributed by atoms with Crippen LogP contribution in [0.1, 0.15) is 22.3 Å². The highest BCUT2D eigenvalue weighted by Gasteiger charge is 2.52. The molecule has 3 heteroatoms. The monoisotopic (exact) mass is 347 g/mol. The maximum atomic E-state index is 6.32. The van der Waals surface area contributed by atoms with Gasteiger partial charge in [0, 0.05) is 28.9 Å². The summed E-state index contributed by atoms with van der Waals surface area (Å²) >= 11 is 0. The summed E-state index contributed by atoms with van der Waals surface area (Å²) in [4.78, 5) is 0. The molecule has 6 rings (SSSR count). The van der Waals surface area contributed by atoms with Gasteiger partial charge in [-0.15, -0.1) is 0 Å². The van der Waals surface area contributed by atoms with Crippen LogP contribution in [0.4, 0.5) is 0 Å². The molecule has 0 radical (unpaired) electrons. The summed E-state index contributed by atoms with van der Waals surface area (Å²) in [6.45, 7) is 0.846. The SMILES string of the molecule is Bc1ccc2c(c1)C1(C3=C2C=CCN3)c2ccccc2Oc2ccccc21. The third-order valence-corrected chi connectivity index (χ3v) is 6.00. The van der Waals surface area contributed by atoms with Crippen molar-refractivity contribution in [1.29, 1.82) is 0 Å². The number of ether oxygens (including phenoxy) is 1. The van der Waals surface area contributed by atoms with Crippen LogP contribution >= 0.6 is 0 Å². The number of para-hydroxylation sites is 2. The zero-order valence-corrected chi connectivity index (χ0v) is 15.1. The molecule has 2 nitrogen and oxygen atoms in total. The molecule has 1 N–H and O–H groups in total. The van der Waals surface area contributed by atoms with Gasteiger partial charge in [0.25, 0.3) is 0 Å². The fraction of sp³-hybridized carbons (Fsp3) is 0.0833. The quantitative estimate of drug-likeness (QED) is 0.631. The summed E-state index contributed by atoms with van der Waals surface area (Å²) in [6.07, 6.45) is 4.48. The molecular formula is C24H18BNO. The summed E-state index contributed by atoms with van der Waals surface area (Å²) < 4.78 is 6.32. The molecule has 0 saturated carbocycles. The molecule has 1 spiro atoms. The van der Waals surface area contributed by atoms with Crippen LogP contribution in [0.5, 0.6) is 11.5 Å². The van der Waals surface area contributed by atoms with Gasteiger partial charge in [0.15, 0.2) is 0 Å². The Morgan fingerprint density at radius 1 is 0.852 bits per heavy atom. The van der Waals surface area contributed by atoms with Crippen molar-refractivity contribution in [3.63, 3.8) is 0 Å². The molecule has 0 saturated heterocycles. The van der Waals surface area contributed by atoms with Crippen LogP contribution in [0.15, 0.2) is 84.6 Å². The molecule has 3 aromatic rings. The van der Waals surface area contributed by atoms with Crippen LogP contribution < -0.4 is 15.5 Å². The maximum Gasteiger partial charge on any atom is 0.139 e. The largest absolute Gasteiger partial charge is 0.457 e. The molecule has 2 aliphatic heterocycles. The Morgan fingerprint density at radius 2 is 1.56 bits per heavy atom. The topological polar surface area (TPSA) is 21.3 Å². The lowest BCUT2D eigenvalue weighted by molar-refractivity contribution is 0.429. The van der Waals surface area contributed by atoms with Crippen molar-refractivity contribution in [2.24, 2.45) is 0 Å². The van der Waals surface area contributed by atoms with E-state index in [1.807, 2.05) is 0 Å². The Kier molecular flexibility index (Phi) is 2.86. The molecule has 0 fully saturated rings. The molecule has 2 heterocycles. The predicted octanol–water partition coefficient (Wildman–Crippen LogP) is 3.27. The van der Waals surface area contributed by atoms with E-state index >= 15 is 0 Å². The van der Waals surface area contributed by atoms with Gasteiger partial charge in [0.1, 0.15) is 19.3 Å². The number of nitrogens with one attached hydrogen (secondary N) is 1. The van der Waals surface area contributed by atoms with Gasteiger partial charge in [-0.2, -0.15) is 0 Å². The standard InChI is InChI=1S/C24H18BNO/c25-15-11-12-16-17-6-5-13-26-23(17)24(20(16)14-15)18-7-1-3-9-21(18)27-22-10-4-2-8-19(22)24/h1-12,14,26H,13,25H2. The Labute approximate surface area is 159 Å². The first-order valence-electron chi connectivity index (χ1n) is 9.43. The Morgan fingerprint density at radius 3 is 2.30 bits per heavy atom. The molecule has 0 aromatic heterocycles. The van der Waals surface area contributed by atoms with Gasteiger partial charge in [0.2, 0.25) is 0 Å². The predicted molar refractivity (Wildman–Crippen MR) is 112 cm³/mol. The van der Waals surface area contributed by atoms with Crippen LogP contribution in [0.3, 0.4) is 0 Å². The minimum absolute atomic E-state index is 0.354. The molecule has 1 aliphatic carbocycles. The smallest absolute Gasteiger partial charge is 0.139 e. The van der Waals surface area contributed by atoms with Crippen molar-refractivity contribution >= 4 is 18.9 Å². The van der Waals surface area contributed by atoms with Gasteiger partial charge in [-0.3, -0.25) is 0 Å². The zero-order valence-electron chi connectivity index (χ0n) is 15.1. The third-order valence-electron chi connectivity index (χ3n) is 6.00. The van der Waals surface area contributed by atoms with Crippen molar-refractivity contribution in [1.82, 2.24) is 5.32 Å². The minimum atomic E-state index is -0.354. The second-order valence-electron chi connectivity index (χ2n) is 7.47. The number of benzene rings is 3. The number of rotatable bonds is 0. The lowest BCUT2D eigenvalue weighted by Gasteiger charge is -2.41. The Hall–Kier alpha value is -3.20. The lowest BCUT2D eigenvalue weighted by atomic mass is 9.66. The second kappa shape index (κ2) is 5.17. The summed E-state index contributed by atoms with van der Waals surface area (Å²) in [7, 11) is 2.17. The van der Waals surface area contributed by atoms with Gasteiger partial charge in [0.05, 0.1) is 5.41 Å². The van der Waals surface area contributed by atoms with Gasteiger partial charge < -0.3 is 10.1 Å². The van der Waals surface area contributed by atoms with Crippen LogP contribution in [-0.4, -0.2) is 14.4 Å². The molecule has 27 heavy (non-hydrogen) atoms. The van der Waals surface area contributed by atoms with Crippen molar-refractivity contribution in [2.45, 2.75) is 5.41 Å². The van der Waals surface area contributed by atoms with E-state index in [0.717, 1.165) is 18.0 Å². The summed E-state index contributed by atoms with van der Waals surface area (Å²) in [5.74, 6) is 1.88. The Bertz CT molecular complexity index is 1130. The van der Waals surface area contributed by atoms with Crippen LogP contribution in [0, 0.1) is 0 Å². The molecule has 3 aliphatic rings. The van der Waals surface area contributed by atoms with Crippen molar-refractivity contribution in [2.75, 3.05) is 6.54 Å². The first kappa shape index (κ1) is 14.9. The van der Waals surface area contributed by atoms with E-state index in [2.05, 4.69) is 92.0 Å². The highest BCUT2D eigenvalue weighted by Crippen LogP contribution is 2.60. The van der Waals surface area contributed by atoms with E-state index in [4.69, 9.17) is 4.74 Å². The number of hydrogen-bond donors (Lipinski definition) is 1. The number of hydrogen-bond acceptors (Lipinski definition) is 2. The highest BCUT2D eigenvalue weighted by molar-refractivity contribution is 6.32. The molecule has 3 aromatic carbocycles. The Balaban J connectivity index is 1.83. The van der Waals surface area contributed by atoms with Crippen molar-refractivity contribution in [3.05, 3.63) is 107 Å². The van der Waals surface area contributed by atoms with Crippen LogP contribution in [0.2, 0.25) is 0 Å². The number of fused-ring (bicyclic) bond motifs is 8. The van der Waals surface area contributed by atoms with Crippen molar-refractivity contribution in [3.8, 4) is 11.5 Å². The van der Waals surface area contributed by atoms with Gasteiger partial charge in [-0.25, -0.2) is 0 Å². The average molecular weight is 347 g/mol. The molecule has 0 atom stereocenters. The number of dihydropyridines is 1. The lowest BCUT2D eigenvalue weighted by Crippen LogP contribution is -2.39. The van der Waals surface area contributed by atoms with Gasteiger partial charge >= 0.3 is 0 Å². The molecule has 128 valence electrons. The fourth-order valence-electron chi connectivity index (χ4n) is 4.97. The van der Waals surface area contributed by atoms with Crippen LogP contribution in [-0.2, 0) is 5.41 Å². The normalized spacial score (nSPS) is 17.5. The van der Waals surface area contributed by atoms with E-state index < -0.39 is 0 Å². The average Bonchev–Trinajstić information content (AvgIpc) is 2.99. The molecule has 0 unspecified atom stereocenters. The molecule has 0 bridgehead atoms. The zero-order chi connectivity index (χ0) is 18.0.